The van der Waals surface area contributed by atoms with Gasteiger partial charge in [-0.3, -0.25) is 9.59 Å². The third kappa shape index (κ3) is 7.80. The normalized spacial score (nSPS) is 12.8. The summed E-state index contributed by atoms with van der Waals surface area (Å²) in [7, 11) is 0. The Balaban J connectivity index is 2.06. The molecule has 2 aromatic carbocycles. The molecular formula is C24H31BrN2O2S. The molecular weight excluding hydrogens is 460 g/mol. The van der Waals surface area contributed by atoms with Crippen molar-refractivity contribution >= 4 is 39.5 Å². The molecule has 0 radical (unpaired) electrons. The maximum atomic E-state index is 13.1. The van der Waals surface area contributed by atoms with Gasteiger partial charge in [0.2, 0.25) is 11.8 Å². The fourth-order valence-electron chi connectivity index (χ4n) is 2.87. The number of rotatable bonds is 10. The van der Waals surface area contributed by atoms with Crippen LogP contribution in [-0.4, -0.2) is 34.6 Å². The second-order valence-electron chi connectivity index (χ2n) is 7.55. The zero-order valence-electron chi connectivity index (χ0n) is 18.2. The molecule has 4 nitrogen and oxygen atoms in total. The highest BCUT2D eigenvalue weighted by molar-refractivity contribution is 9.10. The Labute approximate surface area is 192 Å². The Morgan fingerprint density at radius 2 is 1.70 bits per heavy atom. The Kier molecular flexibility index (Phi) is 9.92. The van der Waals surface area contributed by atoms with Gasteiger partial charge in [0, 0.05) is 34.1 Å². The van der Waals surface area contributed by atoms with Crippen molar-refractivity contribution < 1.29 is 9.59 Å². The Hall–Kier alpha value is -1.79. The first-order valence-electron chi connectivity index (χ1n) is 10.3. The lowest BCUT2D eigenvalue weighted by molar-refractivity contribution is -0.140. The summed E-state index contributed by atoms with van der Waals surface area (Å²) in [6.07, 6.45) is 1.24. The molecule has 0 aliphatic rings. The zero-order chi connectivity index (χ0) is 22.1. The largest absolute Gasteiger partial charge is 0.352 e. The smallest absolute Gasteiger partial charge is 0.242 e. The molecule has 162 valence electrons. The highest BCUT2D eigenvalue weighted by Crippen LogP contribution is 2.21. The second kappa shape index (κ2) is 12.2. The fourth-order valence-corrected chi connectivity index (χ4v) is 3.97. The molecule has 30 heavy (non-hydrogen) atoms. The van der Waals surface area contributed by atoms with Crippen LogP contribution in [0.15, 0.2) is 57.9 Å². The van der Waals surface area contributed by atoms with Gasteiger partial charge in [-0.05, 0) is 57.0 Å². The van der Waals surface area contributed by atoms with Crippen LogP contribution in [0.1, 0.15) is 44.7 Å². The van der Waals surface area contributed by atoms with Crippen molar-refractivity contribution in [3.63, 3.8) is 0 Å². The summed E-state index contributed by atoms with van der Waals surface area (Å²) in [5.41, 5.74) is 2.22. The molecule has 2 aromatic rings. The minimum atomic E-state index is -0.528. The van der Waals surface area contributed by atoms with Gasteiger partial charge >= 0.3 is 0 Å². The third-order valence-corrected chi connectivity index (χ3v) is 6.58. The number of nitrogens with zero attached hydrogens (tertiary/aromatic N) is 1. The number of nitrogens with one attached hydrogen (secondary N) is 1. The molecule has 0 bridgehead atoms. The monoisotopic (exact) mass is 490 g/mol. The molecule has 0 aliphatic heterocycles. The number of halogens is 1. The number of carbonyl (C=O) groups is 2. The van der Waals surface area contributed by atoms with Crippen LogP contribution in [0.5, 0.6) is 0 Å². The Morgan fingerprint density at radius 1 is 1.07 bits per heavy atom. The van der Waals surface area contributed by atoms with Gasteiger partial charge in [-0.25, -0.2) is 0 Å². The molecule has 2 rings (SSSR count). The van der Waals surface area contributed by atoms with E-state index in [4.69, 9.17) is 0 Å². The summed E-state index contributed by atoms with van der Waals surface area (Å²) in [5, 5.41) is 3.00. The van der Waals surface area contributed by atoms with Crippen molar-refractivity contribution in [1.82, 2.24) is 10.2 Å². The van der Waals surface area contributed by atoms with E-state index in [2.05, 4.69) is 52.4 Å². The SMILES string of the molecule is CCC(C)NC(=O)C(C)N(Cc1ccc(Br)cc1)C(=O)CCSc1ccc(C)cc1. The maximum absolute atomic E-state index is 13.1. The molecule has 6 heteroatoms. The van der Waals surface area contributed by atoms with Crippen molar-refractivity contribution in [2.75, 3.05) is 5.75 Å². The van der Waals surface area contributed by atoms with Crippen LogP contribution >= 0.6 is 27.7 Å². The number of hydrogen-bond donors (Lipinski definition) is 1. The minimum Gasteiger partial charge on any atom is -0.352 e. The van der Waals surface area contributed by atoms with Crippen molar-refractivity contribution in [2.24, 2.45) is 0 Å². The quantitative estimate of drug-likeness (QED) is 0.442. The number of hydrogen-bond acceptors (Lipinski definition) is 3. The average molecular weight is 491 g/mol. The lowest BCUT2D eigenvalue weighted by atomic mass is 10.1. The van der Waals surface area contributed by atoms with E-state index in [0.717, 1.165) is 21.4 Å². The minimum absolute atomic E-state index is 0.00988. The van der Waals surface area contributed by atoms with Gasteiger partial charge in [0.05, 0.1) is 0 Å². The van der Waals surface area contributed by atoms with Crippen LogP contribution in [0.25, 0.3) is 0 Å². The van der Waals surface area contributed by atoms with Gasteiger partial charge in [0.15, 0.2) is 0 Å². The fraction of sp³-hybridized carbons (Fsp3) is 0.417. The van der Waals surface area contributed by atoms with Crippen LogP contribution in [0.3, 0.4) is 0 Å². The zero-order valence-corrected chi connectivity index (χ0v) is 20.6. The van der Waals surface area contributed by atoms with Crippen LogP contribution in [0.2, 0.25) is 0 Å². The molecule has 0 saturated heterocycles. The molecule has 0 saturated carbocycles. The predicted molar refractivity (Wildman–Crippen MR) is 129 cm³/mol. The van der Waals surface area contributed by atoms with Gasteiger partial charge in [0.1, 0.15) is 6.04 Å². The first-order valence-corrected chi connectivity index (χ1v) is 12.1. The molecule has 0 aromatic heterocycles. The number of amides is 2. The summed E-state index contributed by atoms with van der Waals surface area (Å²) in [6.45, 7) is 8.29. The molecule has 2 atom stereocenters. The molecule has 0 spiro atoms. The van der Waals surface area contributed by atoms with E-state index in [1.165, 1.54) is 5.56 Å². The number of aryl methyl sites for hydroxylation is 1. The van der Waals surface area contributed by atoms with Gasteiger partial charge < -0.3 is 10.2 Å². The van der Waals surface area contributed by atoms with Crippen LogP contribution in [0, 0.1) is 6.92 Å². The van der Waals surface area contributed by atoms with E-state index >= 15 is 0 Å². The van der Waals surface area contributed by atoms with Gasteiger partial charge in [0.25, 0.3) is 0 Å². The summed E-state index contributed by atoms with van der Waals surface area (Å²) >= 11 is 5.10. The summed E-state index contributed by atoms with van der Waals surface area (Å²) in [6, 6.07) is 15.7. The Morgan fingerprint density at radius 3 is 2.30 bits per heavy atom. The van der Waals surface area contributed by atoms with E-state index in [1.54, 1.807) is 16.7 Å². The lowest BCUT2D eigenvalue weighted by Crippen LogP contribution is -2.49. The number of carbonyl (C=O) groups excluding carboxylic acids is 2. The van der Waals surface area contributed by atoms with Gasteiger partial charge in [-0.15, -0.1) is 11.8 Å². The van der Waals surface area contributed by atoms with Gasteiger partial charge in [-0.1, -0.05) is 52.7 Å². The van der Waals surface area contributed by atoms with Crippen molar-refractivity contribution in [3.05, 3.63) is 64.1 Å². The van der Waals surface area contributed by atoms with E-state index in [-0.39, 0.29) is 17.9 Å². The Bertz CT molecular complexity index is 824. The first-order chi connectivity index (χ1) is 14.3. The predicted octanol–water partition coefficient (Wildman–Crippen LogP) is 5.57. The summed E-state index contributed by atoms with van der Waals surface area (Å²) in [4.78, 5) is 28.6. The topological polar surface area (TPSA) is 49.4 Å². The first kappa shape index (κ1) is 24.5. The van der Waals surface area contributed by atoms with E-state index < -0.39 is 6.04 Å². The van der Waals surface area contributed by atoms with Crippen LogP contribution in [0.4, 0.5) is 0 Å². The average Bonchev–Trinajstić information content (AvgIpc) is 2.74. The van der Waals surface area contributed by atoms with Crippen LogP contribution < -0.4 is 5.32 Å². The van der Waals surface area contributed by atoms with E-state index in [9.17, 15) is 9.59 Å². The highest BCUT2D eigenvalue weighted by Gasteiger charge is 2.26. The third-order valence-electron chi connectivity index (χ3n) is 5.04. The van der Waals surface area contributed by atoms with Crippen molar-refractivity contribution in [3.8, 4) is 0 Å². The standard InChI is InChI=1S/C24H31BrN2O2S/c1-5-18(3)26-24(29)19(4)27(16-20-8-10-21(25)11-9-20)23(28)14-15-30-22-12-6-17(2)7-13-22/h6-13,18-19H,5,14-16H2,1-4H3,(H,26,29). The molecule has 0 aliphatic carbocycles. The molecule has 2 amide bonds. The van der Waals surface area contributed by atoms with Gasteiger partial charge in [-0.2, -0.15) is 0 Å². The summed E-state index contributed by atoms with van der Waals surface area (Å²) in [5.74, 6) is 0.559. The maximum Gasteiger partial charge on any atom is 0.242 e. The number of benzene rings is 2. The van der Waals surface area contributed by atoms with Crippen molar-refractivity contribution in [2.45, 2.75) is 64.1 Å². The number of thioether (sulfide) groups is 1. The van der Waals surface area contributed by atoms with Crippen molar-refractivity contribution in [1.29, 1.82) is 0 Å². The lowest BCUT2D eigenvalue weighted by Gasteiger charge is -2.29. The highest BCUT2D eigenvalue weighted by atomic mass is 79.9. The van der Waals surface area contributed by atoms with E-state index in [0.29, 0.717) is 18.7 Å². The second-order valence-corrected chi connectivity index (χ2v) is 9.64. The van der Waals surface area contributed by atoms with Crippen LogP contribution in [-0.2, 0) is 16.1 Å². The molecule has 0 heterocycles. The molecule has 0 fully saturated rings. The summed E-state index contributed by atoms with van der Waals surface area (Å²) < 4.78 is 0.987. The molecule has 1 N–H and O–H groups in total. The molecule has 2 unspecified atom stereocenters. The van der Waals surface area contributed by atoms with E-state index in [1.807, 2.05) is 45.0 Å².